The van der Waals surface area contributed by atoms with Crippen LogP contribution in [0, 0.1) is 11.3 Å². The van der Waals surface area contributed by atoms with Crippen molar-refractivity contribution in [2.75, 3.05) is 0 Å². The maximum Gasteiger partial charge on any atom is 0.260 e. The second kappa shape index (κ2) is 4.51. The summed E-state index contributed by atoms with van der Waals surface area (Å²) in [5.74, 6) is 0. The zero-order valence-corrected chi connectivity index (χ0v) is 9.88. The molecule has 15 heavy (non-hydrogen) atoms. The Kier molecular flexibility index (Phi) is 3.09. The molecule has 1 aromatic carbocycles. The fourth-order valence-electron chi connectivity index (χ4n) is 1.03. The fraction of sp³-hybridized carbons (Fsp3) is 0. The first-order valence-corrected chi connectivity index (χ1v) is 5.67. The fourth-order valence-corrected chi connectivity index (χ4v) is 2.15. The Morgan fingerprint density at radius 3 is 3.00 bits per heavy atom. The minimum absolute atomic E-state index is 0.536. The van der Waals surface area contributed by atoms with Crippen LogP contribution >= 0.6 is 27.7 Å². The quantitative estimate of drug-likeness (QED) is 0.845. The molecule has 0 fully saturated rings. The Morgan fingerprint density at radius 1 is 1.47 bits per heavy atom. The van der Waals surface area contributed by atoms with Crippen molar-refractivity contribution in [3.63, 3.8) is 0 Å². The van der Waals surface area contributed by atoms with Crippen LogP contribution < -0.4 is 0 Å². The Labute approximate surface area is 99.3 Å². The number of nitrogens with zero attached hydrogens (tertiary/aromatic N) is 2. The number of hydrogen-bond acceptors (Lipinski definition) is 4. The number of benzene rings is 1. The Morgan fingerprint density at radius 2 is 2.33 bits per heavy atom. The lowest BCUT2D eigenvalue weighted by molar-refractivity contribution is 0.454. The van der Waals surface area contributed by atoms with Crippen molar-refractivity contribution in [1.82, 2.24) is 4.98 Å². The van der Waals surface area contributed by atoms with E-state index in [4.69, 9.17) is 9.68 Å². The molecule has 1 heterocycles. The lowest BCUT2D eigenvalue weighted by Crippen LogP contribution is -1.81. The normalized spacial score (nSPS) is 9.87. The average molecular weight is 281 g/mol. The Hall–Kier alpha value is -1.25. The maximum atomic E-state index is 8.94. The molecule has 5 heteroatoms. The molecule has 0 N–H and O–H groups in total. The molecule has 0 aliphatic heterocycles. The largest absolute Gasteiger partial charge is 0.440 e. The first-order valence-electron chi connectivity index (χ1n) is 4.06. The predicted molar refractivity (Wildman–Crippen MR) is 59.5 cm³/mol. The standard InChI is InChI=1S/C10H5BrN2OS/c11-8-1-2-9(7(5-8)6-12)15-10-13-3-4-14-10/h1-5H. The van der Waals surface area contributed by atoms with Crippen LogP contribution in [0.2, 0.25) is 0 Å². The molecule has 0 saturated carbocycles. The summed E-state index contributed by atoms with van der Waals surface area (Å²) in [7, 11) is 0. The summed E-state index contributed by atoms with van der Waals surface area (Å²) in [5, 5.41) is 9.47. The van der Waals surface area contributed by atoms with Gasteiger partial charge in [0.05, 0.1) is 11.8 Å². The van der Waals surface area contributed by atoms with Crippen molar-refractivity contribution in [1.29, 1.82) is 5.26 Å². The van der Waals surface area contributed by atoms with Crippen molar-refractivity contribution in [2.45, 2.75) is 10.1 Å². The van der Waals surface area contributed by atoms with Gasteiger partial charge in [-0.3, -0.25) is 0 Å². The molecule has 2 rings (SSSR count). The third-order valence-electron chi connectivity index (χ3n) is 1.67. The van der Waals surface area contributed by atoms with Crippen LogP contribution in [0.5, 0.6) is 0 Å². The van der Waals surface area contributed by atoms with Gasteiger partial charge in [0.15, 0.2) is 0 Å². The molecule has 0 bridgehead atoms. The zero-order valence-electron chi connectivity index (χ0n) is 7.48. The number of halogens is 1. The van der Waals surface area contributed by atoms with Gasteiger partial charge < -0.3 is 4.42 Å². The molecule has 1 aromatic heterocycles. The van der Waals surface area contributed by atoms with Crippen LogP contribution in [0.4, 0.5) is 0 Å². The van der Waals surface area contributed by atoms with Gasteiger partial charge in [0.25, 0.3) is 5.22 Å². The number of aromatic nitrogens is 1. The molecule has 0 radical (unpaired) electrons. The van der Waals surface area contributed by atoms with Crippen LogP contribution in [0.3, 0.4) is 0 Å². The molecule has 0 atom stereocenters. The Bertz CT molecular complexity index is 505. The molecule has 2 aromatic rings. The van der Waals surface area contributed by atoms with Gasteiger partial charge in [0, 0.05) is 9.37 Å². The number of oxazole rings is 1. The van der Waals surface area contributed by atoms with E-state index < -0.39 is 0 Å². The van der Waals surface area contributed by atoms with Gasteiger partial charge in [-0.15, -0.1) is 0 Å². The van der Waals surface area contributed by atoms with E-state index in [-0.39, 0.29) is 0 Å². The van der Waals surface area contributed by atoms with E-state index >= 15 is 0 Å². The second-order valence-corrected chi connectivity index (χ2v) is 4.56. The van der Waals surface area contributed by atoms with E-state index in [1.165, 1.54) is 18.0 Å². The molecule has 0 aliphatic carbocycles. The first kappa shape index (κ1) is 10.3. The van der Waals surface area contributed by atoms with E-state index in [9.17, 15) is 0 Å². The van der Waals surface area contributed by atoms with E-state index in [2.05, 4.69) is 27.0 Å². The summed E-state index contributed by atoms with van der Waals surface area (Å²) < 4.78 is 5.98. The summed E-state index contributed by atoms with van der Waals surface area (Å²) in [6.45, 7) is 0. The summed E-state index contributed by atoms with van der Waals surface area (Å²) in [6.07, 6.45) is 3.08. The van der Waals surface area contributed by atoms with Gasteiger partial charge in [-0.2, -0.15) is 5.26 Å². The van der Waals surface area contributed by atoms with Crippen LogP contribution in [0.25, 0.3) is 0 Å². The Balaban J connectivity index is 2.33. The second-order valence-electron chi connectivity index (χ2n) is 2.65. The molecular weight excluding hydrogens is 276 g/mol. The SMILES string of the molecule is N#Cc1cc(Br)ccc1Sc1ncco1. The highest BCUT2D eigenvalue weighted by molar-refractivity contribution is 9.10. The molecule has 0 saturated heterocycles. The minimum atomic E-state index is 0.536. The highest BCUT2D eigenvalue weighted by Crippen LogP contribution is 2.30. The zero-order chi connectivity index (χ0) is 10.7. The van der Waals surface area contributed by atoms with Crippen LogP contribution in [-0.4, -0.2) is 4.98 Å². The lowest BCUT2D eigenvalue weighted by atomic mass is 10.2. The molecule has 0 spiro atoms. The monoisotopic (exact) mass is 280 g/mol. The summed E-state index contributed by atoms with van der Waals surface area (Å²) in [6, 6.07) is 7.64. The third kappa shape index (κ3) is 2.41. The lowest BCUT2D eigenvalue weighted by Gasteiger charge is -2.00. The molecule has 3 nitrogen and oxygen atoms in total. The van der Waals surface area contributed by atoms with Crippen molar-refractivity contribution < 1.29 is 4.42 Å². The smallest absolute Gasteiger partial charge is 0.260 e. The molecule has 0 aliphatic rings. The minimum Gasteiger partial charge on any atom is -0.440 e. The van der Waals surface area contributed by atoms with Gasteiger partial charge in [-0.05, 0) is 30.0 Å². The van der Waals surface area contributed by atoms with Crippen LogP contribution in [0.15, 0.2) is 49.7 Å². The van der Waals surface area contributed by atoms with E-state index in [1.807, 2.05) is 12.1 Å². The summed E-state index contributed by atoms with van der Waals surface area (Å²) in [5.41, 5.74) is 0.604. The van der Waals surface area contributed by atoms with Crippen molar-refractivity contribution in [3.8, 4) is 6.07 Å². The number of nitriles is 1. The average Bonchev–Trinajstić information content (AvgIpc) is 2.73. The molecular formula is C10H5BrN2OS. The van der Waals surface area contributed by atoms with E-state index in [0.717, 1.165) is 9.37 Å². The van der Waals surface area contributed by atoms with E-state index in [0.29, 0.717) is 10.8 Å². The van der Waals surface area contributed by atoms with Crippen molar-refractivity contribution in [3.05, 3.63) is 40.7 Å². The van der Waals surface area contributed by atoms with Crippen molar-refractivity contribution in [2.24, 2.45) is 0 Å². The number of hydrogen-bond donors (Lipinski definition) is 0. The summed E-state index contributed by atoms with van der Waals surface area (Å²) >= 11 is 4.65. The summed E-state index contributed by atoms with van der Waals surface area (Å²) in [4.78, 5) is 4.82. The van der Waals surface area contributed by atoms with Gasteiger partial charge in [0.2, 0.25) is 0 Å². The molecule has 74 valence electrons. The van der Waals surface area contributed by atoms with E-state index in [1.54, 1.807) is 12.3 Å². The van der Waals surface area contributed by atoms with Gasteiger partial charge in [0.1, 0.15) is 12.3 Å². The maximum absolute atomic E-state index is 8.94. The third-order valence-corrected chi connectivity index (χ3v) is 3.11. The van der Waals surface area contributed by atoms with Crippen LogP contribution in [-0.2, 0) is 0 Å². The van der Waals surface area contributed by atoms with Gasteiger partial charge in [-0.25, -0.2) is 4.98 Å². The highest BCUT2D eigenvalue weighted by Gasteiger charge is 2.07. The van der Waals surface area contributed by atoms with Gasteiger partial charge in [-0.1, -0.05) is 15.9 Å². The van der Waals surface area contributed by atoms with Crippen molar-refractivity contribution >= 4 is 27.7 Å². The highest BCUT2D eigenvalue weighted by atomic mass is 79.9. The van der Waals surface area contributed by atoms with Gasteiger partial charge >= 0.3 is 0 Å². The molecule has 0 unspecified atom stereocenters. The predicted octanol–water partition coefficient (Wildman–Crippen LogP) is 3.46. The topological polar surface area (TPSA) is 49.8 Å². The molecule has 0 amide bonds. The van der Waals surface area contributed by atoms with Crippen LogP contribution in [0.1, 0.15) is 5.56 Å². The first-order chi connectivity index (χ1) is 7.29. The number of rotatable bonds is 2.